The summed E-state index contributed by atoms with van der Waals surface area (Å²) in [5, 5.41) is 11.5. The fraction of sp³-hybridized carbons (Fsp3) is 0.333. The summed E-state index contributed by atoms with van der Waals surface area (Å²) in [6.07, 6.45) is 5.06. The second-order valence-corrected chi connectivity index (χ2v) is 9.16. The van der Waals surface area contributed by atoms with Crippen molar-refractivity contribution in [3.05, 3.63) is 87.1 Å². The van der Waals surface area contributed by atoms with Gasteiger partial charge in [0, 0.05) is 32.1 Å². The van der Waals surface area contributed by atoms with Crippen LogP contribution in [0, 0.1) is 0 Å². The minimum atomic E-state index is -0.323. The first-order valence-electron chi connectivity index (χ1n) is 12.6. The number of unbranched alkanes of at least 4 members (excludes halogenated alkanes) is 1. The van der Waals surface area contributed by atoms with Crippen LogP contribution >= 0.6 is 0 Å². The van der Waals surface area contributed by atoms with E-state index in [0.29, 0.717) is 24.3 Å². The van der Waals surface area contributed by atoms with Gasteiger partial charge < -0.3 is 4.57 Å². The number of para-hydroxylation sites is 1. The van der Waals surface area contributed by atoms with Crippen LogP contribution in [0.5, 0.6) is 0 Å². The summed E-state index contributed by atoms with van der Waals surface area (Å²) < 4.78 is 6.45. The highest BCUT2D eigenvalue weighted by atomic mass is 16.2. The first-order valence-corrected chi connectivity index (χ1v) is 12.6. The van der Waals surface area contributed by atoms with E-state index in [9.17, 15) is 9.59 Å². The Bertz CT molecular complexity index is 1640. The van der Waals surface area contributed by atoms with Crippen LogP contribution in [0.3, 0.4) is 0 Å². The molecular weight excluding hydrogens is 468 g/mol. The van der Waals surface area contributed by atoms with E-state index in [-0.39, 0.29) is 11.2 Å². The van der Waals surface area contributed by atoms with Crippen molar-refractivity contribution in [2.45, 2.75) is 52.6 Å². The van der Waals surface area contributed by atoms with E-state index in [1.165, 1.54) is 11.6 Å². The van der Waals surface area contributed by atoms with Crippen molar-refractivity contribution in [3.63, 3.8) is 0 Å². The van der Waals surface area contributed by atoms with E-state index in [4.69, 9.17) is 4.98 Å². The first kappa shape index (κ1) is 24.4. The zero-order valence-electron chi connectivity index (χ0n) is 21.3. The third-order valence-corrected chi connectivity index (χ3v) is 6.62. The number of aromatic nitrogens is 8. The molecular formula is C27H30N8O2. The van der Waals surface area contributed by atoms with Crippen LogP contribution in [0.25, 0.3) is 28.0 Å². The molecule has 3 heterocycles. The molecule has 5 aromatic rings. The Labute approximate surface area is 213 Å². The second-order valence-electron chi connectivity index (χ2n) is 9.16. The van der Waals surface area contributed by atoms with Gasteiger partial charge in [0.15, 0.2) is 11.2 Å². The fourth-order valence-electron chi connectivity index (χ4n) is 4.68. The highest BCUT2D eigenvalue weighted by molar-refractivity contribution is 5.73. The van der Waals surface area contributed by atoms with Gasteiger partial charge in [0.1, 0.15) is 12.2 Å². The molecule has 0 N–H and O–H groups in total. The van der Waals surface area contributed by atoms with Gasteiger partial charge in [-0.25, -0.2) is 9.78 Å². The molecule has 0 aliphatic rings. The topological polar surface area (TPSA) is 105 Å². The molecule has 2 aromatic carbocycles. The molecule has 0 fully saturated rings. The maximum absolute atomic E-state index is 13.3. The lowest BCUT2D eigenvalue weighted by Crippen LogP contribution is -2.38. The molecule has 0 aliphatic carbocycles. The van der Waals surface area contributed by atoms with E-state index < -0.39 is 0 Å². The molecule has 0 amide bonds. The number of hydrogen-bond donors (Lipinski definition) is 0. The lowest BCUT2D eigenvalue weighted by molar-refractivity contribution is 0.609. The Balaban J connectivity index is 1.57. The molecule has 10 nitrogen and oxygen atoms in total. The van der Waals surface area contributed by atoms with Crippen molar-refractivity contribution in [2.75, 3.05) is 0 Å². The number of rotatable bonds is 9. The van der Waals surface area contributed by atoms with Crippen molar-refractivity contribution < 1.29 is 0 Å². The quantitative estimate of drug-likeness (QED) is 0.309. The Morgan fingerprint density at radius 2 is 1.70 bits per heavy atom. The largest absolute Gasteiger partial charge is 0.332 e. The summed E-state index contributed by atoms with van der Waals surface area (Å²) in [6, 6.07) is 16.2. The van der Waals surface area contributed by atoms with Gasteiger partial charge in [-0.05, 0) is 40.5 Å². The van der Waals surface area contributed by atoms with Crippen LogP contribution in [0.2, 0.25) is 0 Å². The SMILES string of the molecule is CCCCc1nc2c(c(=O)n(C)c(=O)n2CCC)n1Cc1ccc(-c2ccccc2-n2cnnn2)cc1. The van der Waals surface area contributed by atoms with Crippen LogP contribution in [0.1, 0.15) is 44.5 Å². The van der Waals surface area contributed by atoms with Crippen LogP contribution in [0.4, 0.5) is 0 Å². The summed E-state index contributed by atoms with van der Waals surface area (Å²) >= 11 is 0. The average molecular weight is 499 g/mol. The molecule has 0 unspecified atom stereocenters. The van der Waals surface area contributed by atoms with Crippen molar-refractivity contribution in [3.8, 4) is 16.8 Å². The zero-order chi connectivity index (χ0) is 25.9. The second kappa shape index (κ2) is 10.3. The molecule has 0 atom stereocenters. The molecule has 0 bridgehead atoms. The van der Waals surface area contributed by atoms with Gasteiger partial charge in [0.2, 0.25) is 0 Å². The van der Waals surface area contributed by atoms with E-state index in [0.717, 1.165) is 53.9 Å². The number of imidazole rings is 1. The molecule has 0 saturated heterocycles. The summed E-state index contributed by atoms with van der Waals surface area (Å²) in [6.45, 7) is 5.15. The van der Waals surface area contributed by atoms with Crippen molar-refractivity contribution >= 4 is 11.2 Å². The lowest BCUT2D eigenvalue weighted by atomic mass is 10.0. The predicted octanol–water partition coefficient (Wildman–Crippen LogP) is 3.34. The summed E-state index contributed by atoms with van der Waals surface area (Å²) in [4.78, 5) is 30.9. The van der Waals surface area contributed by atoms with E-state index in [1.807, 2.05) is 35.8 Å². The van der Waals surface area contributed by atoms with Crippen molar-refractivity contribution in [2.24, 2.45) is 7.05 Å². The van der Waals surface area contributed by atoms with Crippen LogP contribution < -0.4 is 11.2 Å². The molecule has 3 aromatic heterocycles. The molecule has 0 radical (unpaired) electrons. The van der Waals surface area contributed by atoms with Gasteiger partial charge in [0.05, 0.1) is 5.69 Å². The molecule has 190 valence electrons. The Hall–Kier alpha value is -4.34. The van der Waals surface area contributed by atoms with Gasteiger partial charge >= 0.3 is 5.69 Å². The maximum atomic E-state index is 13.3. The standard InChI is InChI=1S/C27H30N8O2/c1-4-6-11-23-29-25-24(26(36)32(3)27(37)33(25)16-5-2)34(23)17-19-12-14-20(15-13-19)21-9-7-8-10-22(21)35-18-28-30-31-35/h7-10,12-15,18H,4-6,11,16-17H2,1-3H3. The highest BCUT2D eigenvalue weighted by Crippen LogP contribution is 2.27. The number of aryl methyl sites for hydroxylation is 2. The first-order chi connectivity index (χ1) is 18.0. The third kappa shape index (κ3) is 4.50. The molecule has 37 heavy (non-hydrogen) atoms. The highest BCUT2D eigenvalue weighted by Gasteiger charge is 2.20. The Morgan fingerprint density at radius 3 is 2.41 bits per heavy atom. The Morgan fingerprint density at radius 1 is 0.919 bits per heavy atom. The van der Waals surface area contributed by atoms with Crippen LogP contribution in [-0.4, -0.2) is 38.9 Å². The number of nitrogens with zero attached hydrogens (tertiary/aromatic N) is 8. The van der Waals surface area contributed by atoms with Gasteiger partial charge in [-0.15, -0.1) is 5.10 Å². The van der Waals surface area contributed by atoms with Gasteiger partial charge in [-0.1, -0.05) is 62.7 Å². The minimum Gasteiger partial charge on any atom is -0.318 e. The maximum Gasteiger partial charge on any atom is 0.332 e. The number of hydrogen-bond acceptors (Lipinski definition) is 6. The van der Waals surface area contributed by atoms with Crippen molar-refractivity contribution in [1.29, 1.82) is 0 Å². The van der Waals surface area contributed by atoms with Gasteiger partial charge in [0.25, 0.3) is 5.56 Å². The number of tetrazole rings is 1. The third-order valence-electron chi connectivity index (χ3n) is 6.62. The van der Waals surface area contributed by atoms with E-state index in [1.54, 1.807) is 15.6 Å². The molecule has 0 aliphatic heterocycles. The summed E-state index contributed by atoms with van der Waals surface area (Å²) in [5.41, 5.74) is 4.30. The van der Waals surface area contributed by atoms with E-state index >= 15 is 0 Å². The lowest BCUT2D eigenvalue weighted by Gasteiger charge is -2.12. The van der Waals surface area contributed by atoms with Gasteiger partial charge in [-0.2, -0.15) is 4.68 Å². The fourth-order valence-corrected chi connectivity index (χ4v) is 4.68. The monoisotopic (exact) mass is 498 g/mol. The smallest absolute Gasteiger partial charge is 0.318 e. The predicted molar refractivity (Wildman–Crippen MR) is 142 cm³/mol. The summed E-state index contributed by atoms with van der Waals surface area (Å²) in [5.74, 6) is 0.831. The van der Waals surface area contributed by atoms with Crippen LogP contribution in [-0.2, 0) is 26.6 Å². The average Bonchev–Trinajstić information content (AvgIpc) is 3.58. The normalized spacial score (nSPS) is 11.4. The number of fused-ring (bicyclic) bond motifs is 1. The van der Waals surface area contributed by atoms with Gasteiger partial charge in [-0.3, -0.25) is 13.9 Å². The molecule has 0 spiro atoms. The molecule has 0 saturated carbocycles. The van der Waals surface area contributed by atoms with Crippen molar-refractivity contribution in [1.82, 2.24) is 38.9 Å². The Kier molecular flexibility index (Phi) is 6.80. The molecule has 10 heteroatoms. The summed E-state index contributed by atoms with van der Waals surface area (Å²) in [7, 11) is 1.54. The zero-order valence-corrected chi connectivity index (χ0v) is 21.3. The molecule has 5 rings (SSSR count). The minimum absolute atomic E-state index is 0.311. The number of benzene rings is 2. The van der Waals surface area contributed by atoms with Crippen LogP contribution in [0.15, 0.2) is 64.4 Å². The van der Waals surface area contributed by atoms with E-state index in [2.05, 4.69) is 46.7 Å².